The quantitative estimate of drug-likeness (QED) is 0.333. The molecule has 0 amide bonds. The molecule has 0 radical (unpaired) electrons. The first-order chi connectivity index (χ1) is 9.23. The van der Waals surface area contributed by atoms with Crippen molar-refractivity contribution in [2.75, 3.05) is 13.2 Å². The van der Waals surface area contributed by atoms with Crippen LogP contribution < -0.4 is 0 Å². The van der Waals surface area contributed by atoms with E-state index in [-0.39, 0.29) is 12.8 Å². The molecule has 0 bridgehead atoms. The highest BCUT2D eigenvalue weighted by Crippen LogP contribution is 2.09. The normalized spacial score (nSPS) is 13.1. The van der Waals surface area contributed by atoms with E-state index in [1.807, 2.05) is 0 Å². The van der Waals surface area contributed by atoms with Gasteiger partial charge in [0.15, 0.2) is 13.2 Å². The second-order valence-electron chi connectivity index (χ2n) is 4.06. The zero-order chi connectivity index (χ0) is 15.7. The number of nitro groups is 2. The molecule has 0 fully saturated rings. The number of rotatable bonds is 9. The molecule has 0 rings (SSSR count). The summed E-state index contributed by atoms with van der Waals surface area (Å²) in [4.78, 5) is 41.3. The summed E-state index contributed by atoms with van der Waals surface area (Å²) in [5.74, 6) is -1.33. The molecule has 20 heavy (non-hydrogen) atoms. The molecule has 0 aromatic carbocycles. The predicted octanol–water partition coefficient (Wildman–Crippen LogP) is 0.183. The highest BCUT2D eigenvalue weighted by atomic mass is 16.6. The number of hydrogen-bond donors (Lipinski definition) is 0. The van der Waals surface area contributed by atoms with Gasteiger partial charge in [-0.25, -0.2) is 0 Å². The second kappa shape index (κ2) is 8.77. The molecule has 0 spiro atoms. The minimum atomic E-state index is -1.22. The van der Waals surface area contributed by atoms with E-state index in [0.717, 1.165) is 13.8 Å². The van der Waals surface area contributed by atoms with Crippen LogP contribution in [0.4, 0.5) is 0 Å². The fourth-order valence-corrected chi connectivity index (χ4v) is 1.31. The Morgan fingerprint density at radius 1 is 0.900 bits per heavy atom. The minimum Gasteiger partial charge on any atom is -0.459 e. The van der Waals surface area contributed by atoms with E-state index in [2.05, 4.69) is 9.47 Å². The van der Waals surface area contributed by atoms with Gasteiger partial charge in [0.1, 0.15) is 0 Å². The molecule has 0 aliphatic carbocycles. The van der Waals surface area contributed by atoms with Gasteiger partial charge >= 0.3 is 11.9 Å². The van der Waals surface area contributed by atoms with Crippen LogP contribution in [-0.4, -0.2) is 47.1 Å². The lowest BCUT2D eigenvalue weighted by molar-refractivity contribution is -0.540. The van der Waals surface area contributed by atoms with Gasteiger partial charge in [-0.05, 0) is 0 Å². The molecule has 2 atom stereocenters. The Morgan fingerprint density at radius 3 is 1.40 bits per heavy atom. The van der Waals surface area contributed by atoms with Crippen molar-refractivity contribution in [3.8, 4) is 0 Å². The van der Waals surface area contributed by atoms with Gasteiger partial charge in [-0.1, -0.05) is 0 Å². The molecule has 0 heterocycles. The molecule has 0 N–H and O–H groups in total. The molecule has 10 heteroatoms. The van der Waals surface area contributed by atoms with Gasteiger partial charge < -0.3 is 9.47 Å². The lowest BCUT2D eigenvalue weighted by Gasteiger charge is -2.12. The van der Waals surface area contributed by atoms with Crippen LogP contribution >= 0.6 is 0 Å². The molecule has 0 aromatic heterocycles. The van der Waals surface area contributed by atoms with E-state index < -0.39 is 47.1 Å². The zero-order valence-electron chi connectivity index (χ0n) is 11.1. The number of esters is 2. The molecular formula is C10H16N2O8. The maximum Gasteiger partial charge on any atom is 0.302 e. The van der Waals surface area contributed by atoms with E-state index in [4.69, 9.17) is 0 Å². The van der Waals surface area contributed by atoms with Crippen LogP contribution in [0.3, 0.4) is 0 Å². The average Bonchev–Trinajstić information content (AvgIpc) is 2.30. The first-order valence-electron chi connectivity index (χ1n) is 5.77. The van der Waals surface area contributed by atoms with Gasteiger partial charge in [0.25, 0.3) is 0 Å². The lowest BCUT2D eigenvalue weighted by Crippen LogP contribution is -2.32. The molecule has 0 aliphatic rings. The lowest BCUT2D eigenvalue weighted by atomic mass is 10.1. The fourth-order valence-electron chi connectivity index (χ4n) is 1.31. The summed E-state index contributed by atoms with van der Waals surface area (Å²) in [6.07, 6.45) is -0.319. The Hall–Kier alpha value is -2.26. The molecule has 0 saturated carbocycles. The number of hydrogen-bond acceptors (Lipinski definition) is 8. The van der Waals surface area contributed by atoms with Crippen molar-refractivity contribution in [2.45, 2.75) is 38.8 Å². The van der Waals surface area contributed by atoms with Crippen molar-refractivity contribution in [3.05, 3.63) is 20.2 Å². The van der Waals surface area contributed by atoms with Gasteiger partial charge in [0.2, 0.25) is 12.1 Å². The van der Waals surface area contributed by atoms with Crippen molar-refractivity contribution >= 4 is 11.9 Å². The van der Waals surface area contributed by atoms with Gasteiger partial charge in [-0.2, -0.15) is 0 Å². The Bertz CT molecular complexity index is 347. The zero-order valence-corrected chi connectivity index (χ0v) is 11.1. The third-order valence-corrected chi connectivity index (χ3v) is 2.39. The molecule has 0 aliphatic heterocycles. The van der Waals surface area contributed by atoms with E-state index in [1.165, 1.54) is 0 Å². The molecular weight excluding hydrogens is 276 g/mol. The van der Waals surface area contributed by atoms with Crippen molar-refractivity contribution in [3.63, 3.8) is 0 Å². The first kappa shape index (κ1) is 17.7. The third kappa shape index (κ3) is 7.95. The van der Waals surface area contributed by atoms with E-state index in [0.29, 0.717) is 0 Å². The second-order valence-corrected chi connectivity index (χ2v) is 4.06. The smallest absolute Gasteiger partial charge is 0.302 e. The molecule has 10 nitrogen and oxygen atoms in total. The van der Waals surface area contributed by atoms with Gasteiger partial charge in [-0.3, -0.25) is 29.8 Å². The SMILES string of the molecule is CC(=O)OCC(CCC(COC(C)=O)[N+](=O)[O-])[N+](=O)[O-]. The maximum atomic E-state index is 10.7. The average molecular weight is 292 g/mol. The Labute approximate surface area is 114 Å². The monoisotopic (exact) mass is 292 g/mol. The van der Waals surface area contributed by atoms with Crippen LogP contribution in [0, 0.1) is 20.2 Å². The standard InChI is InChI=1S/C10H16N2O8/c1-7(13)19-5-9(11(15)16)3-4-10(12(17)18)6-20-8(2)14/h9-10H,3-6H2,1-2H3. The number of nitrogens with zero attached hydrogens (tertiary/aromatic N) is 2. The largest absolute Gasteiger partial charge is 0.459 e. The summed E-state index contributed by atoms with van der Waals surface area (Å²) in [5.41, 5.74) is 0. The van der Waals surface area contributed by atoms with Crippen molar-refractivity contribution < 1.29 is 28.9 Å². The van der Waals surface area contributed by atoms with Crippen LogP contribution in [0.2, 0.25) is 0 Å². The molecule has 0 aromatic rings. The highest BCUT2D eigenvalue weighted by Gasteiger charge is 2.28. The summed E-state index contributed by atoms with van der Waals surface area (Å²) < 4.78 is 9.04. The summed E-state index contributed by atoms with van der Waals surface area (Å²) >= 11 is 0. The fraction of sp³-hybridized carbons (Fsp3) is 0.800. The Kier molecular flexibility index (Phi) is 7.78. The predicted molar refractivity (Wildman–Crippen MR) is 64.1 cm³/mol. The van der Waals surface area contributed by atoms with E-state index >= 15 is 0 Å². The van der Waals surface area contributed by atoms with Crippen molar-refractivity contribution in [2.24, 2.45) is 0 Å². The van der Waals surface area contributed by atoms with Crippen LogP contribution in [0.15, 0.2) is 0 Å². The molecule has 2 unspecified atom stereocenters. The van der Waals surface area contributed by atoms with Gasteiger partial charge in [0, 0.05) is 36.5 Å². The summed E-state index contributed by atoms with van der Waals surface area (Å²) in [5, 5.41) is 21.4. The van der Waals surface area contributed by atoms with E-state index in [9.17, 15) is 29.8 Å². The summed E-state index contributed by atoms with van der Waals surface area (Å²) in [6.45, 7) is 1.33. The Morgan fingerprint density at radius 2 is 1.20 bits per heavy atom. The van der Waals surface area contributed by atoms with Crippen LogP contribution in [0.5, 0.6) is 0 Å². The highest BCUT2D eigenvalue weighted by molar-refractivity contribution is 5.66. The van der Waals surface area contributed by atoms with Crippen molar-refractivity contribution in [1.29, 1.82) is 0 Å². The molecule has 0 saturated heterocycles. The third-order valence-electron chi connectivity index (χ3n) is 2.39. The Balaban J connectivity index is 4.39. The number of ether oxygens (including phenoxy) is 2. The topological polar surface area (TPSA) is 139 Å². The summed E-state index contributed by atoms with van der Waals surface area (Å²) in [7, 11) is 0. The van der Waals surface area contributed by atoms with Crippen LogP contribution in [0.25, 0.3) is 0 Å². The number of carbonyl (C=O) groups excluding carboxylic acids is 2. The molecule has 114 valence electrons. The van der Waals surface area contributed by atoms with Crippen LogP contribution in [0.1, 0.15) is 26.7 Å². The summed E-state index contributed by atoms with van der Waals surface area (Å²) in [6, 6.07) is -2.45. The maximum absolute atomic E-state index is 10.7. The first-order valence-corrected chi connectivity index (χ1v) is 5.77. The van der Waals surface area contributed by atoms with Gasteiger partial charge in [0.05, 0.1) is 0 Å². The van der Waals surface area contributed by atoms with E-state index in [1.54, 1.807) is 0 Å². The number of carbonyl (C=O) groups is 2. The van der Waals surface area contributed by atoms with Gasteiger partial charge in [-0.15, -0.1) is 0 Å². The minimum absolute atomic E-state index is 0.160. The van der Waals surface area contributed by atoms with Crippen molar-refractivity contribution in [1.82, 2.24) is 0 Å². The van der Waals surface area contributed by atoms with Crippen LogP contribution in [-0.2, 0) is 19.1 Å².